The number of amides is 3. The fraction of sp³-hybridized carbons (Fsp3) is 0.362. The second-order valence-corrected chi connectivity index (χ2v) is 18.0. The zero-order valence-corrected chi connectivity index (χ0v) is 36.9. The average Bonchev–Trinajstić information content (AvgIpc) is 3.73. The second-order valence-electron chi connectivity index (χ2n) is 17.1. The van der Waals surface area contributed by atoms with Gasteiger partial charge in [-0.25, -0.2) is 22.5 Å². The van der Waals surface area contributed by atoms with Crippen LogP contribution in [0.4, 0.5) is 30.2 Å². The number of nitrogens with one attached hydrogen (secondary N) is 2. The number of nitrogens with zero attached hydrogens (tertiary/aromatic N) is 8. The minimum absolute atomic E-state index is 0.0592. The molecule has 1 aromatic heterocycles. The molecule has 2 N–H and O–H groups in total. The summed E-state index contributed by atoms with van der Waals surface area (Å²) in [5.41, 5.74) is 3.70. The molecule has 0 bridgehead atoms. The largest absolute Gasteiger partial charge is 0.453 e. The van der Waals surface area contributed by atoms with Crippen LogP contribution < -0.4 is 30.1 Å². The fourth-order valence-electron chi connectivity index (χ4n) is 8.96. The van der Waals surface area contributed by atoms with Crippen LogP contribution in [0.1, 0.15) is 36.0 Å². The quantitative estimate of drug-likeness (QED) is 0.0798. The fourth-order valence-corrected chi connectivity index (χ4v) is 9.79. The number of imide groups is 1. The lowest BCUT2D eigenvalue weighted by Crippen LogP contribution is -2.55. The monoisotopic (exact) mass is 920 g/mol. The topological polar surface area (TPSA) is 159 Å². The highest BCUT2D eigenvalue weighted by Crippen LogP contribution is 2.36. The van der Waals surface area contributed by atoms with E-state index in [0.717, 1.165) is 69.3 Å². The molecule has 5 aromatic rings. The van der Waals surface area contributed by atoms with E-state index in [1.165, 1.54) is 40.1 Å². The molecule has 4 aromatic carbocycles. The molecule has 66 heavy (non-hydrogen) atoms. The van der Waals surface area contributed by atoms with Crippen LogP contribution in [0, 0.1) is 35.8 Å². The van der Waals surface area contributed by atoms with E-state index in [1.807, 2.05) is 36.4 Å². The van der Waals surface area contributed by atoms with E-state index in [0.29, 0.717) is 53.3 Å². The van der Waals surface area contributed by atoms with Gasteiger partial charge in [-0.3, -0.25) is 34.0 Å². The number of hydrogen-bond acceptors (Lipinski definition) is 13. The number of benzene rings is 4. The van der Waals surface area contributed by atoms with Crippen LogP contribution >= 0.6 is 12.1 Å². The van der Waals surface area contributed by atoms with E-state index in [-0.39, 0.29) is 65.7 Å². The molecule has 0 radical (unpaired) electrons. The predicted octanol–water partition coefficient (Wildman–Crippen LogP) is 5.68. The molecular weight excluding hydrogens is 874 g/mol. The molecule has 2 atom stereocenters. The molecule has 4 aliphatic heterocycles. The number of anilines is 3. The molecule has 19 heteroatoms. The standard InChI is InChI=1S/C47H47F3N10O5S/c1-29-31(25-58(28-61)43-10-11-44(62)53-46(43)63)18-35(19-40(29)50)57-23-30(24-57)22-55-14-16-56(17-15-55)33-2-4-34(5-3-33)60-27-52-41-8-6-36(20-37(41)47(60)64)65-45-38(21-51)42(9-7-39(45)49)54-66-59-13-12-32(48)26-59/h2-9,18-20,27-28,30,32,43,54H,10-17,22-26H2,1H3,(H,53,62,63). The smallest absolute Gasteiger partial charge is 0.265 e. The third-order valence-corrected chi connectivity index (χ3v) is 13.7. The van der Waals surface area contributed by atoms with Crippen LogP contribution in [0.2, 0.25) is 0 Å². The van der Waals surface area contributed by atoms with Gasteiger partial charge in [-0.1, -0.05) is 0 Å². The van der Waals surface area contributed by atoms with Crippen molar-refractivity contribution in [2.24, 2.45) is 5.92 Å². The van der Waals surface area contributed by atoms with Gasteiger partial charge >= 0.3 is 0 Å². The average molecular weight is 921 g/mol. The minimum atomic E-state index is -0.923. The Labute approximate surface area is 383 Å². The first-order chi connectivity index (χ1) is 31.9. The summed E-state index contributed by atoms with van der Waals surface area (Å²) in [4.78, 5) is 62.6. The van der Waals surface area contributed by atoms with E-state index in [4.69, 9.17) is 4.74 Å². The van der Waals surface area contributed by atoms with E-state index < -0.39 is 23.9 Å². The maximum atomic E-state index is 15.2. The Hall–Kier alpha value is -6.62. The van der Waals surface area contributed by atoms with E-state index in [2.05, 4.69) is 29.7 Å². The number of piperazine rings is 1. The van der Waals surface area contributed by atoms with Crippen LogP contribution in [0.3, 0.4) is 0 Å². The number of carbonyl (C=O) groups excluding carboxylic acids is 3. The molecule has 0 aliphatic carbocycles. The van der Waals surface area contributed by atoms with E-state index in [1.54, 1.807) is 23.4 Å². The SMILES string of the molecule is Cc1c(F)cc(N2CC(CN3CCN(c4ccc(-n5cnc6ccc(Oc7c(F)ccc(NSN8CCC(F)C8)c7C#N)cc6c5=O)cc4)CC3)C2)cc1CN(C=O)C1CCC(=O)NC1=O. The molecular formula is C47H47F3N10O5S. The van der Waals surface area contributed by atoms with Crippen molar-refractivity contribution in [2.45, 2.75) is 44.9 Å². The molecule has 15 nitrogen and oxygen atoms in total. The van der Waals surface area contributed by atoms with Crippen LogP contribution in [0.25, 0.3) is 16.6 Å². The number of hydrogen-bond donors (Lipinski definition) is 2. The van der Waals surface area contributed by atoms with Crippen molar-refractivity contribution in [2.75, 3.05) is 73.4 Å². The molecule has 4 saturated heterocycles. The first-order valence-corrected chi connectivity index (χ1v) is 22.6. The van der Waals surface area contributed by atoms with Crippen LogP contribution in [-0.2, 0) is 20.9 Å². The number of aromatic nitrogens is 2. The Bertz CT molecular complexity index is 2780. The van der Waals surface area contributed by atoms with Crippen LogP contribution in [0.15, 0.2) is 77.9 Å². The third kappa shape index (κ3) is 9.39. The summed E-state index contributed by atoms with van der Waals surface area (Å²) in [6.45, 7) is 8.28. The number of carbonyl (C=O) groups is 3. The van der Waals surface area contributed by atoms with Gasteiger partial charge in [0.25, 0.3) is 5.56 Å². The lowest BCUT2D eigenvalue weighted by molar-refractivity contribution is -0.141. The summed E-state index contributed by atoms with van der Waals surface area (Å²) in [5.74, 6) is -1.77. The number of piperidine rings is 1. The third-order valence-electron chi connectivity index (χ3n) is 12.8. The van der Waals surface area contributed by atoms with E-state index in [9.17, 15) is 28.8 Å². The number of fused-ring (bicyclic) bond motifs is 1. The highest BCUT2D eigenvalue weighted by Gasteiger charge is 2.34. The highest BCUT2D eigenvalue weighted by molar-refractivity contribution is 7.98. The molecule has 9 rings (SSSR count). The van der Waals surface area contributed by atoms with Crippen LogP contribution in [0.5, 0.6) is 11.5 Å². The van der Waals surface area contributed by atoms with Gasteiger partial charge in [0.05, 0.1) is 22.3 Å². The van der Waals surface area contributed by atoms with Gasteiger partial charge in [-0.15, -0.1) is 0 Å². The Morgan fingerprint density at radius 1 is 0.924 bits per heavy atom. The minimum Gasteiger partial charge on any atom is -0.453 e. The number of rotatable bonds is 14. The maximum Gasteiger partial charge on any atom is 0.265 e. The molecule has 342 valence electrons. The zero-order chi connectivity index (χ0) is 46.1. The Kier molecular flexibility index (Phi) is 12.9. The van der Waals surface area contributed by atoms with Crippen molar-refractivity contribution in [1.82, 2.24) is 29.0 Å². The maximum absolute atomic E-state index is 15.2. The highest BCUT2D eigenvalue weighted by atomic mass is 32.2. The first-order valence-electron chi connectivity index (χ1n) is 21.8. The van der Waals surface area contributed by atoms with Gasteiger partial charge in [-0.05, 0) is 97.6 Å². The Morgan fingerprint density at radius 3 is 2.41 bits per heavy atom. The van der Waals surface area contributed by atoms with Gasteiger partial charge in [0.15, 0.2) is 11.6 Å². The lowest BCUT2D eigenvalue weighted by Gasteiger charge is -2.45. The number of ether oxygens (including phenoxy) is 1. The summed E-state index contributed by atoms with van der Waals surface area (Å²) in [6.07, 6.45) is 1.91. The number of alkyl halides is 1. The summed E-state index contributed by atoms with van der Waals surface area (Å²) >= 11 is 1.14. The molecule has 4 aliphatic rings. The van der Waals surface area contributed by atoms with Gasteiger partial charge in [-0.2, -0.15) is 5.26 Å². The van der Waals surface area contributed by atoms with Crippen molar-refractivity contribution in [1.29, 1.82) is 5.26 Å². The molecule has 0 spiro atoms. The van der Waals surface area contributed by atoms with Crippen molar-refractivity contribution in [3.05, 3.63) is 112 Å². The number of halogens is 3. The van der Waals surface area contributed by atoms with Crippen molar-refractivity contribution < 1.29 is 32.3 Å². The molecule has 2 unspecified atom stereocenters. The van der Waals surface area contributed by atoms with E-state index >= 15 is 8.78 Å². The van der Waals surface area contributed by atoms with Gasteiger partial charge in [0.1, 0.15) is 41.7 Å². The Morgan fingerprint density at radius 2 is 1.70 bits per heavy atom. The van der Waals surface area contributed by atoms with Crippen molar-refractivity contribution >= 4 is 58.3 Å². The molecule has 4 fully saturated rings. The Balaban J connectivity index is 0.790. The van der Waals surface area contributed by atoms with Gasteiger partial charge in [0.2, 0.25) is 18.2 Å². The van der Waals surface area contributed by atoms with Gasteiger partial charge in [0, 0.05) is 101 Å². The van der Waals surface area contributed by atoms with Crippen LogP contribution in [-0.4, -0.2) is 113 Å². The normalized spacial score (nSPS) is 19.4. The molecule has 3 amide bonds. The summed E-state index contributed by atoms with van der Waals surface area (Å²) < 4.78 is 56.1. The first kappa shape index (κ1) is 44.6. The number of nitriles is 1. The van der Waals surface area contributed by atoms with Crippen molar-refractivity contribution in [3.63, 3.8) is 0 Å². The second kappa shape index (κ2) is 19.1. The van der Waals surface area contributed by atoms with Crippen molar-refractivity contribution in [3.8, 4) is 23.3 Å². The zero-order valence-electron chi connectivity index (χ0n) is 36.1. The summed E-state index contributed by atoms with van der Waals surface area (Å²) in [5, 5.41) is 12.5. The molecule has 0 saturated carbocycles. The van der Waals surface area contributed by atoms with Gasteiger partial charge < -0.3 is 24.2 Å². The lowest BCUT2D eigenvalue weighted by atomic mass is 9.96. The predicted molar refractivity (Wildman–Crippen MR) is 244 cm³/mol. The molecule has 5 heterocycles. The summed E-state index contributed by atoms with van der Waals surface area (Å²) in [7, 11) is 0. The summed E-state index contributed by atoms with van der Waals surface area (Å²) in [6, 6.07) is 19.6.